The summed E-state index contributed by atoms with van der Waals surface area (Å²) in [4.78, 5) is 11.9. The fourth-order valence-electron chi connectivity index (χ4n) is 1.25. The number of ether oxygens (including phenoxy) is 2. The highest BCUT2D eigenvalue weighted by molar-refractivity contribution is 9.11. The Balaban J connectivity index is 2.34. The van der Waals surface area contributed by atoms with Crippen LogP contribution in [0.25, 0.3) is 0 Å². The zero-order valence-electron chi connectivity index (χ0n) is 10.0. The number of carbonyl (C=O) groups is 1. The molecule has 0 aromatic heterocycles. The maximum Gasteiger partial charge on any atom is 0.252 e. The number of methoxy groups -OCH3 is 1. The largest absolute Gasteiger partial charge is 0.382 e. The summed E-state index contributed by atoms with van der Waals surface area (Å²) >= 11 is 6.68. The minimum absolute atomic E-state index is 0.126. The Hall–Kier alpha value is -0.430. The smallest absolute Gasteiger partial charge is 0.252 e. The average Bonchev–Trinajstić information content (AvgIpc) is 2.36. The number of hydrogen-bond donors (Lipinski definition) is 1. The summed E-state index contributed by atoms with van der Waals surface area (Å²) in [6.07, 6.45) is 0. The molecule has 0 aliphatic carbocycles. The third kappa shape index (κ3) is 5.48. The van der Waals surface area contributed by atoms with Crippen LogP contribution in [0.4, 0.5) is 0 Å². The van der Waals surface area contributed by atoms with Crippen molar-refractivity contribution in [1.29, 1.82) is 0 Å². The second-order valence-corrected chi connectivity index (χ2v) is 5.26. The molecule has 1 rings (SSSR count). The van der Waals surface area contributed by atoms with E-state index in [2.05, 4.69) is 37.2 Å². The van der Waals surface area contributed by atoms with Crippen LogP contribution >= 0.6 is 31.9 Å². The van der Waals surface area contributed by atoms with Gasteiger partial charge in [0.15, 0.2) is 0 Å². The number of halogens is 2. The van der Waals surface area contributed by atoms with Gasteiger partial charge in [-0.3, -0.25) is 4.79 Å². The van der Waals surface area contributed by atoms with E-state index in [0.29, 0.717) is 31.9 Å². The van der Waals surface area contributed by atoms with E-state index in [0.717, 1.165) is 8.95 Å². The topological polar surface area (TPSA) is 47.6 Å². The Morgan fingerprint density at radius 1 is 1.28 bits per heavy atom. The molecule has 100 valence electrons. The van der Waals surface area contributed by atoms with Crippen LogP contribution in [0.1, 0.15) is 10.4 Å². The molecule has 0 saturated carbocycles. The number of rotatable bonds is 7. The fraction of sp³-hybridized carbons (Fsp3) is 0.417. The molecule has 1 aromatic carbocycles. The Labute approximate surface area is 123 Å². The lowest BCUT2D eigenvalue weighted by molar-refractivity contribution is 0.0692. The number of nitrogens with one attached hydrogen (secondary N) is 1. The summed E-state index contributed by atoms with van der Waals surface area (Å²) in [6, 6.07) is 5.47. The van der Waals surface area contributed by atoms with Crippen LogP contribution in [0.3, 0.4) is 0 Å². The van der Waals surface area contributed by atoms with Gasteiger partial charge in [-0.1, -0.05) is 15.9 Å². The van der Waals surface area contributed by atoms with Crippen molar-refractivity contribution in [1.82, 2.24) is 5.32 Å². The van der Waals surface area contributed by atoms with Gasteiger partial charge in [-0.05, 0) is 34.1 Å². The SMILES string of the molecule is COCCOCCNC(=O)c1cc(Br)ccc1Br. The van der Waals surface area contributed by atoms with Crippen LogP contribution < -0.4 is 5.32 Å². The average molecular weight is 381 g/mol. The zero-order chi connectivity index (χ0) is 13.4. The highest BCUT2D eigenvalue weighted by Gasteiger charge is 2.09. The Kier molecular flexibility index (Phi) is 7.50. The maximum atomic E-state index is 11.9. The zero-order valence-corrected chi connectivity index (χ0v) is 13.2. The third-order valence-electron chi connectivity index (χ3n) is 2.14. The first kappa shape index (κ1) is 15.6. The van der Waals surface area contributed by atoms with E-state index < -0.39 is 0 Å². The van der Waals surface area contributed by atoms with Crippen molar-refractivity contribution >= 4 is 37.8 Å². The second kappa shape index (κ2) is 8.63. The van der Waals surface area contributed by atoms with Gasteiger partial charge in [0.1, 0.15) is 0 Å². The van der Waals surface area contributed by atoms with Crippen LogP contribution in [0.2, 0.25) is 0 Å². The van der Waals surface area contributed by atoms with Gasteiger partial charge in [0.05, 0.1) is 25.4 Å². The number of benzene rings is 1. The van der Waals surface area contributed by atoms with Crippen molar-refractivity contribution in [3.8, 4) is 0 Å². The molecule has 1 N–H and O–H groups in total. The van der Waals surface area contributed by atoms with E-state index in [1.807, 2.05) is 12.1 Å². The number of hydrogen-bond acceptors (Lipinski definition) is 3. The van der Waals surface area contributed by atoms with Gasteiger partial charge in [-0.15, -0.1) is 0 Å². The summed E-state index contributed by atoms with van der Waals surface area (Å²) in [5, 5.41) is 2.79. The first-order valence-electron chi connectivity index (χ1n) is 5.45. The highest BCUT2D eigenvalue weighted by atomic mass is 79.9. The quantitative estimate of drug-likeness (QED) is 0.739. The Morgan fingerprint density at radius 2 is 2.06 bits per heavy atom. The normalized spacial score (nSPS) is 10.4. The predicted octanol–water partition coefficient (Wildman–Crippen LogP) is 2.60. The molecule has 4 nitrogen and oxygen atoms in total. The lowest BCUT2D eigenvalue weighted by atomic mass is 10.2. The summed E-state index contributed by atoms with van der Waals surface area (Å²) in [7, 11) is 1.62. The number of carbonyl (C=O) groups excluding carboxylic acids is 1. The van der Waals surface area contributed by atoms with E-state index in [9.17, 15) is 4.79 Å². The molecule has 0 unspecified atom stereocenters. The molecule has 0 heterocycles. The van der Waals surface area contributed by atoms with Gasteiger partial charge < -0.3 is 14.8 Å². The van der Waals surface area contributed by atoms with Gasteiger partial charge >= 0.3 is 0 Å². The summed E-state index contributed by atoms with van der Waals surface area (Å²) in [6.45, 7) is 2.04. The second-order valence-electron chi connectivity index (χ2n) is 3.49. The molecule has 0 spiro atoms. The Morgan fingerprint density at radius 3 is 2.78 bits per heavy atom. The van der Waals surface area contributed by atoms with Crippen molar-refractivity contribution < 1.29 is 14.3 Å². The minimum atomic E-state index is -0.126. The van der Waals surface area contributed by atoms with Gasteiger partial charge in [-0.25, -0.2) is 0 Å². The van der Waals surface area contributed by atoms with Crippen LogP contribution in [0.5, 0.6) is 0 Å². The molecule has 0 atom stereocenters. The Bertz CT molecular complexity index is 399. The molecule has 0 radical (unpaired) electrons. The number of amides is 1. The molecule has 1 aromatic rings. The van der Waals surface area contributed by atoms with Gasteiger partial charge in [0.25, 0.3) is 5.91 Å². The van der Waals surface area contributed by atoms with E-state index in [-0.39, 0.29) is 5.91 Å². The van der Waals surface area contributed by atoms with E-state index >= 15 is 0 Å². The van der Waals surface area contributed by atoms with Crippen LogP contribution in [-0.4, -0.2) is 39.4 Å². The first-order chi connectivity index (χ1) is 8.65. The molecule has 0 saturated heterocycles. The lowest BCUT2D eigenvalue weighted by Crippen LogP contribution is -2.27. The summed E-state index contributed by atoms with van der Waals surface area (Å²) < 4.78 is 11.7. The summed E-state index contributed by atoms with van der Waals surface area (Å²) in [5.74, 6) is -0.126. The maximum absolute atomic E-state index is 11.9. The molecule has 0 aliphatic heterocycles. The van der Waals surface area contributed by atoms with E-state index in [1.165, 1.54) is 0 Å². The van der Waals surface area contributed by atoms with Gasteiger partial charge in [0, 0.05) is 22.6 Å². The molecule has 0 bridgehead atoms. The molecule has 6 heteroatoms. The van der Waals surface area contributed by atoms with Crippen molar-refractivity contribution in [3.63, 3.8) is 0 Å². The van der Waals surface area contributed by atoms with Crippen molar-refractivity contribution in [3.05, 3.63) is 32.7 Å². The minimum Gasteiger partial charge on any atom is -0.382 e. The van der Waals surface area contributed by atoms with E-state index in [4.69, 9.17) is 9.47 Å². The van der Waals surface area contributed by atoms with Gasteiger partial charge in [-0.2, -0.15) is 0 Å². The lowest BCUT2D eigenvalue weighted by Gasteiger charge is -2.08. The molecule has 0 fully saturated rings. The molecule has 0 aliphatic rings. The highest BCUT2D eigenvalue weighted by Crippen LogP contribution is 2.21. The van der Waals surface area contributed by atoms with Crippen LogP contribution in [0.15, 0.2) is 27.1 Å². The predicted molar refractivity (Wildman–Crippen MR) is 76.9 cm³/mol. The van der Waals surface area contributed by atoms with Crippen molar-refractivity contribution in [2.24, 2.45) is 0 Å². The van der Waals surface area contributed by atoms with Crippen molar-refractivity contribution in [2.75, 3.05) is 33.5 Å². The monoisotopic (exact) mass is 379 g/mol. The molecular formula is C12H15Br2NO3. The third-order valence-corrected chi connectivity index (χ3v) is 3.32. The molecule has 1 amide bonds. The summed E-state index contributed by atoms with van der Waals surface area (Å²) in [5.41, 5.74) is 0.598. The van der Waals surface area contributed by atoms with Crippen LogP contribution in [0, 0.1) is 0 Å². The molecule has 18 heavy (non-hydrogen) atoms. The van der Waals surface area contributed by atoms with Crippen molar-refractivity contribution in [2.45, 2.75) is 0 Å². The van der Waals surface area contributed by atoms with Gasteiger partial charge in [0.2, 0.25) is 0 Å². The van der Waals surface area contributed by atoms with E-state index in [1.54, 1.807) is 13.2 Å². The first-order valence-corrected chi connectivity index (χ1v) is 7.03. The standard InChI is InChI=1S/C12H15Br2NO3/c1-17-6-7-18-5-4-15-12(16)10-8-9(13)2-3-11(10)14/h2-3,8H,4-7H2,1H3,(H,15,16). The van der Waals surface area contributed by atoms with Crippen LogP contribution in [-0.2, 0) is 9.47 Å². The fourth-order valence-corrected chi connectivity index (χ4v) is 2.04. The molecular weight excluding hydrogens is 366 g/mol.